The monoisotopic (exact) mass is 99.1 g/mol. The summed E-state index contributed by atoms with van der Waals surface area (Å²) in [6.45, 7) is 3.92. The van der Waals surface area contributed by atoms with Gasteiger partial charge in [-0.15, -0.1) is 0 Å². The molecule has 0 aromatic rings. The van der Waals surface area contributed by atoms with Crippen molar-refractivity contribution < 1.29 is 0 Å². The third kappa shape index (κ3) is 0.899. The van der Waals surface area contributed by atoms with Crippen LogP contribution in [0.25, 0.3) is 0 Å². The molecule has 0 saturated carbocycles. The highest BCUT2D eigenvalue weighted by atomic mass is 15.5. The minimum Gasteiger partial charge on any atom is -0.308 e. The predicted molar refractivity (Wildman–Crippen MR) is 28.8 cm³/mol. The molecular weight excluding hydrogens is 90.1 g/mol. The van der Waals surface area contributed by atoms with Crippen molar-refractivity contribution in [1.82, 2.24) is 10.9 Å². The van der Waals surface area contributed by atoms with Gasteiger partial charge in [-0.2, -0.15) is 0 Å². The van der Waals surface area contributed by atoms with Crippen LogP contribution in [-0.4, -0.2) is 12.0 Å². The van der Waals surface area contributed by atoms with Crippen molar-refractivity contribution in [3.8, 4) is 0 Å². The van der Waals surface area contributed by atoms with Gasteiger partial charge in [0, 0.05) is 0 Å². The summed E-state index contributed by atoms with van der Waals surface area (Å²) in [5, 5.41) is 0. The zero-order valence-corrected chi connectivity index (χ0v) is 4.52. The zero-order valence-electron chi connectivity index (χ0n) is 4.52. The number of aliphatic imine (C=N–C) groups is 1. The van der Waals surface area contributed by atoms with Crippen LogP contribution in [0.4, 0.5) is 0 Å². The van der Waals surface area contributed by atoms with E-state index in [4.69, 9.17) is 0 Å². The van der Waals surface area contributed by atoms with Gasteiger partial charge in [-0.3, -0.25) is 4.99 Å². The number of hydrazine groups is 1. The van der Waals surface area contributed by atoms with E-state index in [2.05, 4.69) is 15.8 Å². The molecule has 1 rings (SSSR count). The number of nitrogens with one attached hydrogen (secondary N) is 2. The van der Waals surface area contributed by atoms with Crippen LogP contribution in [0.5, 0.6) is 0 Å². The first-order chi connectivity index (χ1) is 3.29. The maximum Gasteiger partial charge on any atom is 0.115 e. The molecule has 0 aromatic heterocycles. The van der Waals surface area contributed by atoms with E-state index in [1.807, 2.05) is 13.8 Å². The molecule has 1 aliphatic heterocycles. The molecule has 1 unspecified atom stereocenters. The quantitative estimate of drug-likeness (QED) is 0.443. The lowest BCUT2D eigenvalue weighted by Crippen LogP contribution is -2.32. The molecule has 0 aromatic carbocycles. The molecular formula is C4H9N3. The van der Waals surface area contributed by atoms with Crippen molar-refractivity contribution in [3.63, 3.8) is 0 Å². The molecule has 0 spiro atoms. The average Bonchev–Trinajstić information content (AvgIpc) is 1.87. The van der Waals surface area contributed by atoms with Gasteiger partial charge in [0.25, 0.3) is 0 Å². The molecule has 0 fully saturated rings. The minimum atomic E-state index is 0.250. The van der Waals surface area contributed by atoms with Gasteiger partial charge in [0.05, 0.1) is 0 Å². The van der Waals surface area contributed by atoms with Crippen LogP contribution in [0, 0.1) is 0 Å². The van der Waals surface area contributed by atoms with Gasteiger partial charge in [-0.05, 0) is 13.8 Å². The number of amidine groups is 1. The van der Waals surface area contributed by atoms with Gasteiger partial charge in [0.1, 0.15) is 12.0 Å². The summed E-state index contributed by atoms with van der Waals surface area (Å²) >= 11 is 0. The van der Waals surface area contributed by atoms with Crippen molar-refractivity contribution in [3.05, 3.63) is 0 Å². The molecule has 0 radical (unpaired) electrons. The lowest BCUT2D eigenvalue weighted by molar-refractivity contribution is 0.589. The van der Waals surface area contributed by atoms with Crippen molar-refractivity contribution in [1.29, 1.82) is 0 Å². The second-order valence-electron chi connectivity index (χ2n) is 1.66. The number of nitrogens with zero attached hydrogens (tertiary/aromatic N) is 1. The Morgan fingerprint density at radius 1 is 1.71 bits per heavy atom. The molecule has 7 heavy (non-hydrogen) atoms. The molecule has 0 bridgehead atoms. The van der Waals surface area contributed by atoms with E-state index < -0.39 is 0 Å². The van der Waals surface area contributed by atoms with Gasteiger partial charge in [0.15, 0.2) is 0 Å². The highest BCUT2D eigenvalue weighted by Crippen LogP contribution is 1.87. The predicted octanol–water partition coefficient (Wildman–Crippen LogP) is -0.141. The van der Waals surface area contributed by atoms with Crippen molar-refractivity contribution in [2.24, 2.45) is 4.99 Å². The van der Waals surface area contributed by atoms with E-state index in [-0.39, 0.29) is 6.17 Å². The summed E-state index contributed by atoms with van der Waals surface area (Å²) in [4.78, 5) is 4.08. The van der Waals surface area contributed by atoms with Crippen molar-refractivity contribution in [2.75, 3.05) is 0 Å². The van der Waals surface area contributed by atoms with Crippen LogP contribution in [0.3, 0.4) is 0 Å². The maximum atomic E-state index is 4.08. The largest absolute Gasteiger partial charge is 0.308 e. The summed E-state index contributed by atoms with van der Waals surface area (Å²) in [5.41, 5.74) is 5.78. The van der Waals surface area contributed by atoms with E-state index >= 15 is 0 Å². The second-order valence-corrected chi connectivity index (χ2v) is 1.66. The van der Waals surface area contributed by atoms with Crippen LogP contribution in [-0.2, 0) is 0 Å². The summed E-state index contributed by atoms with van der Waals surface area (Å²) in [7, 11) is 0. The van der Waals surface area contributed by atoms with Crippen LogP contribution in [0.2, 0.25) is 0 Å². The first-order valence-electron chi connectivity index (χ1n) is 2.35. The Morgan fingerprint density at radius 2 is 2.43 bits per heavy atom. The van der Waals surface area contributed by atoms with Gasteiger partial charge >= 0.3 is 0 Å². The van der Waals surface area contributed by atoms with E-state index in [0.717, 1.165) is 5.84 Å². The van der Waals surface area contributed by atoms with Crippen LogP contribution in [0.1, 0.15) is 13.8 Å². The summed E-state index contributed by atoms with van der Waals surface area (Å²) in [5.74, 6) is 0.965. The normalized spacial score (nSPS) is 29.4. The average molecular weight is 99.1 g/mol. The fourth-order valence-electron chi connectivity index (χ4n) is 0.564. The van der Waals surface area contributed by atoms with Crippen LogP contribution < -0.4 is 10.9 Å². The van der Waals surface area contributed by atoms with E-state index in [1.165, 1.54) is 0 Å². The molecule has 0 aliphatic carbocycles. The van der Waals surface area contributed by atoms with E-state index in [9.17, 15) is 0 Å². The lowest BCUT2D eigenvalue weighted by atomic mass is 10.6. The molecule has 40 valence electrons. The third-order valence-corrected chi connectivity index (χ3v) is 0.849. The Kier molecular flexibility index (Phi) is 0.982. The van der Waals surface area contributed by atoms with E-state index in [1.54, 1.807) is 0 Å². The van der Waals surface area contributed by atoms with Gasteiger partial charge in [-0.25, -0.2) is 5.43 Å². The zero-order chi connectivity index (χ0) is 5.28. The molecule has 1 heterocycles. The highest BCUT2D eigenvalue weighted by molar-refractivity contribution is 5.80. The third-order valence-electron chi connectivity index (χ3n) is 0.849. The Hall–Kier alpha value is -0.570. The molecule has 0 amide bonds. The standard InChI is InChI=1S/C4H9N3/c1-3-5-4(2)7-6-3/h3,6H,1-2H3,(H,5,7). The van der Waals surface area contributed by atoms with Crippen LogP contribution >= 0.6 is 0 Å². The fraction of sp³-hybridized carbons (Fsp3) is 0.750. The smallest absolute Gasteiger partial charge is 0.115 e. The molecule has 3 heteroatoms. The Bertz CT molecular complexity index is 97.1. The first-order valence-corrected chi connectivity index (χ1v) is 2.35. The summed E-state index contributed by atoms with van der Waals surface area (Å²) in [6, 6.07) is 0. The second kappa shape index (κ2) is 1.50. The summed E-state index contributed by atoms with van der Waals surface area (Å²) in [6.07, 6.45) is 0.250. The minimum absolute atomic E-state index is 0.250. The van der Waals surface area contributed by atoms with Gasteiger partial charge in [0.2, 0.25) is 0 Å². The topological polar surface area (TPSA) is 36.4 Å². The van der Waals surface area contributed by atoms with Gasteiger partial charge < -0.3 is 5.43 Å². The Morgan fingerprint density at radius 3 is 2.57 bits per heavy atom. The molecule has 1 aliphatic rings. The number of rotatable bonds is 0. The van der Waals surface area contributed by atoms with E-state index in [0.29, 0.717) is 0 Å². The molecule has 3 nitrogen and oxygen atoms in total. The lowest BCUT2D eigenvalue weighted by Gasteiger charge is -1.94. The Balaban J connectivity index is 2.50. The summed E-state index contributed by atoms with van der Waals surface area (Å²) < 4.78 is 0. The molecule has 2 N–H and O–H groups in total. The van der Waals surface area contributed by atoms with Crippen molar-refractivity contribution in [2.45, 2.75) is 20.0 Å². The molecule has 1 atom stereocenters. The van der Waals surface area contributed by atoms with Gasteiger partial charge in [-0.1, -0.05) is 0 Å². The highest BCUT2D eigenvalue weighted by Gasteiger charge is 2.03. The number of hydrogen-bond acceptors (Lipinski definition) is 3. The first kappa shape index (κ1) is 4.59. The van der Waals surface area contributed by atoms with Crippen LogP contribution in [0.15, 0.2) is 4.99 Å². The SMILES string of the molecule is CC1=NC(C)NN1. The van der Waals surface area contributed by atoms with Crippen molar-refractivity contribution >= 4 is 5.84 Å². The fourth-order valence-corrected chi connectivity index (χ4v) is 0.564. The number of hydrogen-bond donors (Lipinski definition) is 2. The molecule has 0 saturated heterocycles. The Labute approximate surface area is 42.8 Å². The maximum absolute atomic E-state index is 4.08.